The summed E-state index contributed by atoms with van der Waals surface area (Å²) in [5, 5.41) is 16.1. The van der Waals surface area contributed by atoms with Gasteiger partial charge in [0.25, 0.3) is 5.91 Å². The van der Waals surface area contributed by atoms with E-state index < -0.39 is 18.1 Å². The molecule has 33 heavy (non-hydrogen) atoms. The molecule has 1 aliphatic rings. The number of hydrogen-bond acceptors (Lipinski definition) is 9. The SMILES string of the molecule is CCN(CC)CCOc1ncc2c(n1)NC(O)C(C(=O)Nc1cc(C(=O)OC)ccc1Cl)=C2. The summed E-state index contributed by atoms with van der Waals surface area (Å²) in [7, 11) is 1.26. The summed E-state index contributed by atoms with van der Waals surface area (Å²) in [4.78, 5) is 35.2. The van der Waals surface area contributed by atoms with E-state index in [1.165, 1.54) is 37.6 Å². The summed E-state index contributed by atoms with van der Waals surface area (Å²) in [6, 6.07) is 4.52. The number of aromatic nitrogens is 2. The van der Waals surface area contributed by atoms with Crippen LogP contribution in [0.5, 0.6) is 6.01 Å². The van der Waals surface area contributed by atoms with Gasteiger partial charge in [-0.3, -0.25) is 4.79 Å². The van der Waals surface area contributed by atoms with E-state index in [9.17, 15) is 14.7 Å². The molecule has 1 unspecified atom stereocenters. The Hall–Kier alpha value is -3.21. The number of carbonyl (C=O) groups excluding carboxylic acids is 2. The maximum absolute atomic E-state index is 12.8. The first-order valence-corrected chi connectivity index (χ1v) is 10.8. The van der Waals surface area contributed by atoms with Crippen molar-refractivity contribution in [3.63, 3.8) is 0 Å². The van der Waals surface area contributed by atoms with Crippen LogP contribution in [0, 0.1) is 0 Å². The molecule has 0 radical (unpaired) electrons. The van der Waals surface area contributed by atoms with Gasteiger partial charge in [-0.05, 0) is 37.4 Å². The predicted molar refractivity (Wildman–Crippen MR) is 124 cm³/mol. The minimum absolute atomic E-state index is 0.0286. The third-order valence-corrected chi connectivity index (χ3v) is 5.43. The van der Waals surface area contributed by atoms with E-state index in [2.05, 4.69) is 44.1 Å². The van der Waals surface area contributed by atoms with Crippen molar-refractivity contribution in [3.05, 3.63) is 46.1 Å². The summed E-state index contributed by atoms with van der Waals surface area (Å²) in [5.74, 6) is -0.830. The van der Waals surface area contributed by atoms with Crippen LogP contribution in [0.3, 0.4) is 0 Å². The third-order valence-electron chi connectivity index (χ3n) is 5.10. The van der Waals surface area contributed by atoms with Gasteiger partial charge < -0.3 is 30.1 Å². The molecule has 3 rings (SSSR count). The zero-order valence-electron chi connectivity index (χ0n) is 18.6. The van der Waals surface area contributed by atoms with Gasteiger partial charge in [0.2, 0.25) is 0 Å². The van der Waals surface area contributed by atoms with Crippen LogP contribution in [-0.4, -0.2) is 71.4 Å². The third kappa shape index (κ3) is 5.98. The number of rotatable bonds is 9. The predicted octanol–water partition coefficient (Wildman–Crippen LogP) is 2.40. The summed E-state index contributed by atoms with van der Waals surface area (Å²) < 4.78 is 10.3. The molecular weight excluding hydrogens is 450 g/mol. The Balaban J connectivity index is 1.73. The number of likely N-dealkylation sites (N-methyl/N-ethyl adjacent to an activating group) is 1. The molecular formula is C22H26ClN5O5. The topological polar surface area (TPSA) is 126 Å². The second-order valence-electron chi connectivity index (χ2n) is 7.12. The Kier molecular flexibility index (Phi) is 8.21. The van der Waals surface area contributed by atoms with Crippen LogP contribution in [0.25, 0.3) is 6.08 Å². The van der Waals surface area contributed by atoms with Gasteiger partial charge in [-0.2, -0.15) is 4.98 Å². The molecule has 0 fully saturated rings. The van der Waals surface area contributed by atoms with Crippen molar-refractivity contribution in [2.24, 2.45) is 0 Å². The molecule has 1 amide bonds. The number of halogens is 1. The van der Waals surface area contributed by atoms with Crippen molar-refractivity contribution in [1.82, 2.24) is 14.9 Å². The number of hydrogen-bond donors (Lipinski definition) is 3. The highest BCUT2D eigenvalue weighted by Gasteiger charge is 2.26. The quantitative estimate of drug-likeness (QED) is 0.468. The number of benzene rings is 1. The number of nitrogens with zero attached hydrogens (tertiary/aromatic N) is 3. The van der Waals surface area contributed by atoms with E-state index in [1.54, 1.807) is 0 Å². The van der Waals surface area contributed by atoms with E-state index in [-0.39, 0.29) is 27.9 Å². The Labute approximate surface area is 196 Å². The molecule has 2 heterocycles. The number of aliphatic hydroxyl groups excluding tert-OH is 1. The molecule has 1 atom stereocenters. The molecule has 3 N–H and O–H groups in total. The number of methoxy groups -OCH3 is 1. The molecule has 176 valence electrons. The highest BCUT2D eigenvalue weighted by atomic mass is 35.5. The Morgan fingerprint density at radius 3 is 2.76 bits per heavy atom. The molecule has 1 aromatic carbocycles. The molecule has 2 aromatic rings. The minimum Gasteiger partial charge on any atom is -0.465 e. The fraction of sp³-hybridized carbons (Fsp3) is 0.364. The first-order valence-electron chi connectivity index (χ1n) is 10.4. The van der Waals surface area contributed by atoms with Crippen LogP contribution in [0.15, 0.2) is 30.0 Å². The van der Waals surface area contributed by atoms with Gasteiger partial charge in [0.05, 0.1) is 29.0 Å². The molecule has 10 nitrogen and oxygen atoms in total. The highest BCUT2D eigenvalue weighted by Crippen LogP contribution is 2.28. The number of carbonyl (C=O) groups is 2. The van der Waals surface area contributed by atoms with Gasteiger partial charge in [0.1, 0.15) is 12.4 Å². The molecule has 0 bridgehead atoms. The lowest BCUT2D eigenvalue weighted by Gasteiger charge is -2.23. The second kappa shape index (κ2) is 11.1. The average molecular weight is 476 g/mol. The van der Waals surface area contributed by atoms with Crippen molar-refractivity contribution in [1.29, 1.82) is 0 Å². The van der Waals surface area contributed by atoms with E-state index in [1.807, 2.05) is 0 Å². The van der Waals surface area contributed by atoms with Gasteiger partial charge in [-0.25, -0.2) is 9.78 Å². The maximum Gasteiger partial charge on any atom is 0.337 e. The van der Waals surface area contributed by atoms with Crippen LogP contribution in [0.4, 0.5) is 11.5 Å². The average Bonchev–Trinajstić information content (AvgIpc) is 2.82. The fourth-order valence-corrected chi connectivity index (χ4v) is 3.34. The van der Waals surface area contributed by atoms with E-state index >= 15 is 0 Å². The lowest BCUT2D eigenvalue weighted by Crippen LogP contribution is -2.33. The van der Waals surface area contributed by atoms with Crippen molar-refractivity contribution in [2.75, 3.05) is 44.0 Å². The van der Waals surface area contributed by atoms with Crippen molar-refractivity contribution < 1.29 is 24.2 Å². The number of fused-ring (bicyclic) bond motifs is 1. The molecule has 0 saturated heterocycles. The maximum atomic E-state index is 12.8. The van der Waals surface area contributed by atoms with Gasteiger partial charge in [-0.1, -0.05) is 25.4 Å². The normalized spacial score (nSPS) is 14.7. The van der Waals surface area contributed by atoms with Gasteiger partial charge >= 0.3 is 12.0 Å². The molecule has 1 aliphatic heterocycles. The smallest absolute Gasteiger partial charge is 0.337 e. The first-order chi connectivity index (χ1) is 15.9. The summed E-state index contributed by atoms with van der Waals surface area (Å²) in [5.41, 5.74) is 0.967. The van der Waals surface area contributed by atoms with Crippen LogP contribution in [0.2, 0.25) is 5.02 Å². The van der Waals surface area contributed by atoms with E-state index in [4.69, 9.17) is 16.3 Å². The molecule has 0 spiro atoms. The largest absolute Gasteiger partial charge is 0.465 e. The van der Waals surface area contributed by atoms with Crippen LogP contribution in [0.1, 0.15) is 29.8 Å². The summed E-state index contributed by atoms with van der Waals surface area (Å²) >= 11 is 6.14. The molecule has 1 aromatic heterocycles. The Morgan fingerprint density at radius 2 is 2.06 bits per heavy atom. The van der Waals surface area contributed by atoms with Crippen LogP contribution >= 0.6 is 11.6 Å². The van der Waals surface area contributed by atoms with Gasteiger partial charge in [0.15, 0.2) is 6.23 Å². The molecule has 0 aliphatic carbocycles. The molecule has 0 saturated carbocycles. The summed E-state index contributed by atoms with van der Waals surface area (Å²) in [6.45, 7) is 7.17. The number of aliphatic hydroxyl groups is 1. The fourth-order valence-electron chi connectivity index (χ4n) is 3.18. The molecule has 11 heteroatoms. The van der Waals surface area contributed by atoms with E-state index in [0.717, 1.165) is 19.6 Å². The highest BCUT2D eigenvalue weighted by molar-refractivity contribution is 6.34. The standard InChI is InChI=1S/C22H26ClN5O5/c1-4-28(5-2)8-9-33-22-24-12-14-10-15(20(30)26-18(14)27-22)19(29)25-17-11-13(21(31)32-3)6-7-16(17)23/h6-7,10-12,20,30H,4-5,8-9H2,1-3H3,(H,25,29)(H,24,26,27). The van der Waals surface area contributed by atoms with Gasteiger partial charge in [0, 0.05) is 18.3 Å². The van der Waals surface area contributed by atoms with Crippen molar-refractivity contribution >= 4 is 41.1 Å². The van der Waals surface area contributed by atoms with Crippen molar-refractivity contribution in [2.45, 2.75) is 20.1 Å². The number of esters is 1. The zero-order valence-corrected chi connectivity index (χ0v) is 19.3. The van der Waals surface area contributed by atoms with Crippen molar-refractivity contribution in [3.8, 4) is 6.01 Å². The van der Waals surface area contributed by atoms with Gasteiger partial charge in [-0.15, -0.1) is 0 Å². The minimum atomic E-state index is -1.32. The first kappa shape index (κ1) is 24.4. The number of ether oxygens (including phenoxy) is 2. The number of nitrogens with one attached hydrogen (secondary N) is 2. The second-order valence-corrected chi connectivity index (χ2v) is 7.53. The van der Waals surface area contributed by atoms with E-state index in [0.29, 0.717) is 18.0 Å². The number of anilines is 2. The van der Waals surface area contributed by atoms with Crippen LogP contribution < -0.4 is 15.4 Å². The zero-order chi connectivity index (χ0) is 24.0. The monoisotopic (exact) mass is 475 g/mol. The number of amides is 1. The van der Waals surface area contributed by atoms with Crippen LogP contribution in [-0.2, 0) is 9.53 Å². The Bertz CT molecular complexity index is 1060. The lowest BCUT2D eigenvalue weighted by molar-refractivity contribution is -0.113. The lowest BCUT2D eigenvalue weighted by atomic mass is 10.1. The Morgan fingerprint density at radius 1 is 1.30 bits per heavy atom. The summed E-state index contributed by atoms with van der Waals surface area (Å²) in [6.07, 6.45) is 1.66.